The van der Waals surface area contributed by atoms with Crippen LogP contribution in [0.4, 0.5) is 11.4 Å². The van der Waals surface area contributed by atoms with Gasteiger partial charge in [-0.1, -0.05) is 0 Å². The van der Waals surface area contributed by atoms with E-state index in [4.69, 9.17) is 16.3 Å². The Morgan fingerprint density at radius 1 is 1.62 bits per heavy atom. The van der Waals surface area contributed by atoms with Crippen LogP contribution in [0.25, 0.3) is 0 Å². The van der Waals surface area contributed by atoms with Gasteiger partial charge in [0.2, 0.25) is 5.91 Å². The fraction of sp³-hybridized carbons (Fsp3) is 0.222. The number of methoxy groups -OCH3 is 1. The Labute approximate surface area is 96.3 Å². The molecule has 0 aliphatic carbocycles. The number of nitro benzene ring substituents is 1. The molecular weight excluding hydrogens is 236 g/mol. The van der Waals surface area contributed by atoms with Gasteiger partial charge in [-0.2, -0.15) is 0 Å². The third-order valence-corrected chi connectivity index (χ3v) is 2.02. The quantitative estimate of drug-likeness (QED) is 0.497. The molecule has 0 radical (unpaired) electrons. The summed E-state index contributed by atoms with van der Waals surface area (Å²) in [5.41, 5.74) is 0.0908. The number of hydrogen-bond donors (Lipinski definition) is 1. The molecule has 86 valence electrons. The summed E-state index contributed by atoms with van der Waals surface area (Å²) in [6.07, 6.45) is 0. The number of carbonyl (C=O) groups excluding carboxylic acids is 1. The van der Waals surface area contributed by atoms with Crippen LogP contribution in [0.1, 0.15) is 0 Å². The molecule has 1 rings (SSSR count). The minimum Gasteiger partial charge on any atom is -0.490 e. The van der Waals surface area contributed by atoms with E-state index in [0.29, 0.717) is 5.69 Å². The summed E-state index contributed by atoms with van der Waals surface area (Å²) in [5.74, 6) is -0.505. The van der Waals surface area contributed by atoms with E-state index in [1.807, 2.05) is 0 Å². The van der Waals surface area contributed by atoms with Crippen LogP contribution in [0.5, 0.6) is 5.75 Å². The van der Waals surface area contributed by atoms with Crippen molar-refractivity contribution >= 4 is 28.9 Å². The van der Waals surface area contributed by atoms with Gasteiger partial charge in [0.15, 0.2) is 5.75 Å². The number of rotatable bonds is 4. The minimum atomic E-state index is -0.588. The lowest BCUT2D eigenvalue weighted by Gasteiger charge is -2.05. The van der Waals surface area contributed by atoms with Crippen molar-refractivity contribution in [1.82, 2.24) is 0 Å². The van der Waals surface area contributed by atoms with Gasteiger partial charge in [-0.15, -0.1) is 11.6 Å². The van der Waals surface area contributed by atoms with E-state index in [9.17, 15) is 14.9 Å². The second-order valence-corrected chi connectivity index (χ2v) is 3.09. The first kappa shape index (κ1) is 12.3. The van der Waals surface area contributed by atoms with Crippen LogP contribution in [0.3, 0.4) is 0 Å². The lowest BCUT2D eigenvalue weighted by Crippen LogP contribution is -2.12. The molecular formula is C9H9ClN2O4. The molecule has 0 heterocycles. The topological polar surface area (TPSA) is 81.5 Å². The molecule has 0 atom stereocenters. The molecule has 1 aromatic carbocycles. The molecule has 16 heavy (non-hydrogen) atoms. The maximum absolute atomic E-state index is 11.0. The summed E-state index contributed by atoms with van der Waals surface area (Å²) >= 11 is 5.29. The normalized spacial score (nSPS) is 9.62. The van der Waals surface area contributed by atoms with Crippen LogP contribution in [0.2, 0.25) is 0 Å². The number of benzene rings is 1. The molecule has 0 aliphatic heterocycles. The number of nitro groups is 1. The average molecular weight is 245 g/mol. The van der Waals surface area contributed by atoms with Gasteiger partial charge in [-0.25, -0.2) is 0 Å². The van der Waals surface area contributed by atoms with E-state index in [-0.39, 0.29) is 17.3 Å². The van der Waals surface area contributed by atoms with Crippen molar-refractivity contribution in [2.24, 2.45) is 0 Å². The van der Waals surface area contributed by atoms with E-state index in [1.54, 1.807) is 0 Å². The van der Waals surface area contributed by atoms with Crippen LogP contribution in [-0.2, 0) is 4.79 Å². The van der Waals surface area contributed by atoms with E-state index in [0.717, 1.165) is 0 Å². The molecule has 0 unspecified atom stereocenters. The Hall–Kier alpha value is -1.82. The Morgan fingerprint density at radius 3 is 2.81 bits per heavy atom. The molecule has 0 aromatic heterocycles. The number of carbonyl (C=O) groups is 1. The smallest absolute Gasteiger partial charge is 0.312 e. The first-order valence-electron chi connectivity index (χ1n) is 4.26. The molecule has 6 nitrogen and oxygen atoms in total. The molecule has 0 bridgehead atoms. The van der Waals surface area contributed by atoms with Crippen molar-refractivity contribution in [3.05, 3.63) is 28.3 Å². The van der Waals surface area contributed by atoms with Gasteiger partial charge in [0.25, 0.3) is 0 Å². The molecule has 1 amide bonds. The fourth-order valence-electron chi connectivity index (χ4n) is 1.10. The molecule has 0 saturated carbocycles. The van der Waals surface area contributed by atoms with E-state index in [2.05, 4.69) is 5.32 Å². The largest absolute Gasteiger partial charge is 0.490 e. The first-order valence-corrected chi connectivity index (χ1v) is 4.80. The van der Waals surface area contributed by atoms with Crippen LogP contribution < -0.4 is 10.1 Å². The zero-order valence-corrected chi connectivity index (χ0v) is 9.15. The predicted octanol–water partition coefficient (Wildman–Crippen LogP) is 1.78. The Bertz CT molecular complexity index is 422. The summed E-state index contributed by atoms with van der Waals surface area (Å²) in [4.78, 5) is 21.1. The Balaban J connectivity index is 3.02. The van der Waals surface area contributed by atoms with Gasteiger partial charge in [0.05, 0.1) is 12.0 Å². The number of alkyl halides is 1. The summed E-state index contributed by atoms with van der Waals surface area (Å²) in [5, 5.41) is 13.1. The highest BCUT2D eigenvalue weighted by Crippen LogP contribution is 2.29. The lowest BCUT2D eigenvalue weighted by molar-refractivity contribution is -0.385. The van der Waals surface area contributed by atoms with Gasteiger partial charge in [-0.05, 0) is 12.1 Å². The molecule has 1 aromatic rings. The third kappa shape index (κ3) is 2.83. The van der Waals surface area contributed by atoms with Crippen LogP contribution in [-0.4, -0.2) is 23.8 Å². The number of ether oxygens (including phenoxy) is 1. The van der Waals surface area contributed by atoms with Gasteiger partial charge in [-0.3, -0.25) is 14.9 Å². The summed E-state index contributed by atoms with van der Waals surface area (Å²) in [6, 6.07) is 4.11. The van der Waals surface area contributed by atoms with Crippen LogP contribution in [0, 0.1) is 10.1 Å². The van der Waals surface area contributed by atoms with Crippen molar-refractivity contribution in [2.75, 3.05) is 18.3 Å². The summed E-state index contributed by atoms with van der Waals surface area (Å²) in [7, 11) is 1.33. The molecule has 0 fully saturated rings. The summed E-state index contributed by atoms with van der Waals surface area (Å²) in [6.45, 7) is 0. The second kappa shape index (κ2) is 5.32. The van der Waals surface area contributed by atoms with Crippen molar-refractivity contribution in [3.63, 3.8) is 0 Å². The van der Waals surface area contributed by atoms with Gasteiger partial charge in [0.1, 0.15) is 5.88 Å². The Kier molecular flexibility index (Phi) is 4.07. The highest BCUT2D eigenvalue weighted by atomic mass is 35.5. The van der Waals surface area contributed by atoms with E-state index < -0.39 is 10.8 Å². The zero-order chi connectivity index (χ0) is 12.1. The SMILES string of the molecule is COc1ccc(NC(=O)CCl)cc1[N+](=O)[O-]. The van der Waals surface area contributed by atoms with E-state index in [1.165, 1.54) is 25.3 Å². The molecule has 1 N–H and O–H groups in total. The number of nitrogens with zero attached hydrogens (tertiary/aromatic N) is 1. The van der Waals surface area contributed by atoms with Crippen LogP contribution >= 0.6 is 11.6 Å². The standard InChI is InChI=1S/C9H9ClN2O4/c1-16-8-3-2-6(11-9(13)5-10)4-7(8)12(14)15/h2-4H,5H2,1H3,(H,11,13). The van der Waals surface area contributed by atoms with Crippen molar-refractivity contribution in [3.8, 4) is 5.75 Å². The first-order chi connectivity index (χ1) is 7.58. The van der Waals surface area contributed by atoms with Crippen molar-refractivity contribution in [1.29, 1.82) is 0 Å². The number of hydrogen-bond acceptors (Lipinski definition) is 4. The second-order valence-electron chi connectivity index (χ2n) is 2.83. The highest BCUT2D eigenvalue weighted by molar-refractivity contribution is 6.29. The van der Waals surface area contributed by atoms with Gasteiger partial charge < -0.3 is 10.1 Å². The van der Waals surface area contributed by atoms with Crippen LogP contribution in [0.15, 0.2) is 18.2 Å². The molecule has 0 spiro atoms. The van der Waals surface area contributed by atoms with Crippen molar-refractivity contribution < 1.29 is 14.5 Å². The minimum absolute atomic E-state index is 0.133. The van der Waals surface area contributed by atoms with Gasteiger partial charge in [0, 0.05) is 11.8 Å². The molecule has 0 aliphatic rings. The number of halogens is 1. The number of amides is 1. The Morgan fingerprint density at radius 2 is 2.31 bits per heavy atom. The number of anilines is 1. The predicted molar refractivity (Wildman–Crippen MR) is 59.0 cm³/mol. The molecule has 0 saturated heterocycles. The van der Waals surface area contributed by atoms with Crippen molar-refractivity contribution in [2.45, 2.75) is 0 Å². The zero-order valence-electron chi connectivity index (χ0n) is 8.40. The highest BCUT2D eigenvalue weighted by Gasteiger charge is 2.15. The maximum atomic E-state index is 11.0. The van der Waals surface area contributed by atoms with E-state index >= 15 is 0 Å². The van der Waals surface area contributed by atoms with Gasteiger partial charge >= 0.3 is 5.69 Å². The fourth-order valence-corrected chi connectivity index (χ4v) is 1.17. The molecule has 7 heteroatoms. The monoisotopic (exact) mass is 244 g/mol. The number of nitrogens with one attached hydrogen (secondary N) is 1. The third-order valence-electron chi connectivity index (χ3n) is 1.78. The lowest BCUT2D eigenvalue weighted by atomic mass is 10.2. The summed E-state index contributed by atoms with van der Waals surface area (Å²) < 4.78 is 4.81. The average Bonchev–Trinajstić information content (AvgIpc) is 2.28. The maximum Gasteiger partial charge on any atom is 0.312 e.